The Morgan fingerprint density at radius 1 is 0.935 bits per heavy atom. The lowest BCUT2D eigenvalue weighted by atomic mass is 10.1. The zero-order chi connectivity index (χ0) is 20.3. The molecule has 8 nitrogen and oxygen atoms in total. The number of nitrogens with zero attached hydrogens (tertiary/aromatic N) is 5. The fraction of sp³-hybridized carbons (Fsp3) is 0.286. The van der Waals surface area contributed by atoms with Crippen LogP contribution in [0.1, 0.15) is 36.6 Å². The fourth-order valence-corrected chi connectivity index (χ4v) is 4.54. The zero-order valence-corrected chi connectivity index (χ0v) is 18.5. The van der Waals surface area contributed by atoms with Crippen molar-refractivity contribution >= 4 is 57.1 Å². The lowest BCUT2D eigenvalue weighted by Gasteiger charge is -2.08. The van der Waals surface area contributed by atoms with Crippen molar-refractivity contribution < 1.29 is 4.74 Å². The molecule has 4 aromatic rings. The Hall–Kier alpha value is -3.04. The number of aromatic nitrogens is 5. The van der Waals surface area contributed by atoms with Crippen LogP contribution < -0.4 is 15.4 Å². The maximum Gasteiger partial charge on any atom is 0.213 e. The van der Waals surface area contributed by atoms with Crippen molar-refractivity contribution in [3.8, 4) is 5.88 Å². The molecule has 31 heavy (non-hydrogen) atoms. The Morgan fingerprint density at radius 2 is 1.77 bits per heavy atom. The van der Waals surface area contributed by atoms with E-state index in [-0.39, 0.29) is 12.4 Å². The average molecular weight is 456 g/mol. The summed E-state index contributed by atoms with van der Waals surface area (Å²) >= 11 is 1.62. The zero-order valence-electron chi connectivity index (χ0n) is 16.9. The molecule has 0 unspecified atom stereocenters. The highest BCUT2D eigenvalue weighted by Crippen LogP contribution is 2.37. The first kappa shape index (κ1) is 21.2. The highest BCUT2D eigenvalue weighted by atomic mass is 35.5. The predicted molar refractivity (Wildman–Crippen MR) is 125 cm³/mol. The number of hydrogen-bond acceptors (Lipinski definition) is 9. The first-order valence-corrected chi connectivity index (χ1v) is 10.7. The van der Waals surface area contributed by atoms with E-state index in [0.717, 1.165) is 38.4 Å². The normalized spacial score (nSPS) is 13.7. The maximum atomic E-state index is 5.09. The Morgan fingerprint density at radius 3 is 2.55 bits per heavy atom. The van der Waals surface area contributed by atoms with Gasteiger partial charge >= 0.3 is 0 Å². The van der Waals surface area contributed by atoms with Gasteiger partial charge in [-0.1, -0.05) is 24.2 Å². The third-order valence-electron chi connectivity index (χ3n) is 5.15. The van der Waals surface area contributed by atoms with Gasteiger partial charge in [0.15, 0.2) is 0 Å². The molecule has 0 radical (unpaired) electrons. The molecule has 1 saturated carbocycles. The van der Waals surface area contributed by atoms with Gasteiger partial charge in [-0.15, -0.1) is 22.6 Å². The molecule has 0 spiro atoms. The number of fused-ring (bicyclic) bond motifs is 1. The van der Waals surface area contributed by atoms with E-state index in [4.69, 9.17) is 9.72 Å². The van der Waals surface area contributed by atoms with E-state index in [1.54, 1.807) is 36.9 Å². The second-order valence-corrected chi connectivity index (χ2v) is 8.23. The Bertz CT molecular complexity index is 1160. The van der Waals surface area contributed by atoms with Crippen LogP contribution in [-0.4, -0.2) is 32.3 Å². The van der Waals surface area contributed by atoms with Crippen LogP contribution >= 0.6 is 23.7 Å². The smallest absolute Gasteiger partial charge is 0.213 e. The van der Waals surface area contributed by atoms with Crippen LogP contribution in [0, 0.1) is 0 Å². The molecule has 1 fully saturated rings. The van der Waals surface area contributed by atoms with E-state index in [1.165, 1.54) is 25.7 Å². The van der Waals surface area contributed by atoms with Gasteiger partial charge in [0.05, 0.1) is 41.9 Å². The molecule has 4 aromatic heterocycles. The number of rotatable bonds is 6. The second-order valence-electron chi connectivity index (χ2n) is 7.22. The van der Waals surface area contributed by atoms with Crippen molar-refractivity contribution in [3.05, 3.63) is 47.7 Å². The van der Waals surface area contributed by atoms with E-state index < -0.39 is 0 Å². The number of anilines is 4. The highest BCUT2D eigenvalue weighted by molar-refractivity contribution is 7.15. The minimum Gasteiger partial charge on any atom is -0.481 e. The Labute approximate surface area is 189 Å². The van der Waals surface area contributed by atoms with Crippen molar-refractivity contribution in [2.24, 2.45) is 0 Å². The molecule has 4 heterocycles. The van der Waals surface area contributed by atoms with E-state index in [2.05, 4.69) is 30.8 Å². The third kappa shape index (κ3) is 4.83. The van der Waals surface area contributed by atoms with Crippen molar-refractivity contribution in [2.45, 2.75) is 31.6 Å². The Balaban J connectivity index is 0.00000231. The number of ether oxygens (including phenoxy) is 1. The average Bonchev–Trinajstić information content (AvgIpc) is 3.46. The summed E-state index contributed by atoms with van der Waals surface area (Å²) in [5.74, 6) is 1.86. The van der Waals surface area contributed by atoms with E-state index in [0.29, 0.717) is 11.8 Å². The molecule has 2 N–H and O–H groups in total. The van der Waals surface area contributed by atoms with Crippen molar-refractivity contribution in [1.29, 1.82) is 0 Å². The summed E-state index contributed by atoms with van der Waals surface area (Å²) in [5, 5.41) is 17.1. The summed E-state index contributed by atoms with van der Waals surface area (Å²) in [5.41, 5.74) is 3.29. The lowest BCUT2D eigenvalue weighted by Crippen LogP contribution is -1.96. The number of methoxy groups -OCH3 is 1. The van der Waals surface area contributed by atoms with Crippen molar-refractivity contribution in [3.63, 3.8) is 0 Å². The fourth-order valence-electron chi connectivity index (χ4n) is 3.62. The molecule has 10 heteroatoms. The van der Waals surface area contributed by atoms with Crippen molar-refractivity contribution in [1.82, 2.24) is 25.1 Å². The van der Waals surface area contributed by atoms with E-state index >= 15 is 0 Å². The molecule has 0 atom stereocenters. The molecule has 5 rings (SSSR count). The summed E-state index contributed by atoms with van der Waals surface area (Å²) in [6.45, 7) is 0. The monoisotopic (exact) mass is 455 g/mol. The third-order valence-corrected chi connectivity index (χ3v) is 6.15. The molecule has 0 saturated heterocycles. The van der Waals surface area contributed by atoms with Gasteiger partial charge in [0, 0.05) is 12.0 Å². The van der Waals surface area contributed by atoms with Gasteiger partial charge in [0.1, 0.15) is 10.8 Å². The van der Waals surface area contributed by atoms with Gasteiger partial charge in [0.25, 0.3) is 0 Å². The molecular formula is C21H22ClN7OS. The SMILES string of the molecule is COc1ccc(Nc2cnc3ccc(Nc4nnc(C5CCCC5)s4)nc3c2)cn1.Cl. The van der Waals surface area contributed by atoms with Crippen LogP contribution in [0.25, 0.3) is 11.0 Å². The van der Waals surface area contributed by atoms with Gasteiger partial charge in [-0.2, -0.15) is 0 Å². The molecule has 1 aliphatic carbocycles. The summed E-state index contributed by atoms with van der Waals surface area (Å²) in [6, 6.07) is 9.52. The largest absolute Gasteiger partial charge is 0.481 e. The van der Waals surface area contributed by atoms with Gasteiger partial charge < -0.3 is 15.4 Å². The summed E-state index contributed by atoms with van der Waals surface area (Å²) in [6.07, 6.45) is 8.50. The minimum absolute atomic E-state index is 0. The number of nitrogens with one attached hydrogen (secondary N) is 2. The first-order chi connectivity index (χ1) is 14.8. The number of halogens is 1. The van der Waals surface area contributed by atoms with Gasteiger partial charge in [-0.05, 0) is 37.1 Å². The molecule has 0 aromatic carbocycles. The molecule has 1 aliphatic rings. The minimum atomic E-state index is 0. The standard InChI is InChI=1S/C21H21N7OS.ClH/c1-29-19-9-6-14(11-23-19)24-15-10-17-16(22-12-15)7-8-18(25-17)26-21-28-27-20(30-21)13-4-2-3-5-13;/h6-13,24H,2-5H2,1H3,(H,25,26,28);1H. The predicted octanol–water partition coefficient (Wildman–Crippen LogP) is 5.45. The van der Waals surface area contributed by atoms with Gasteiger partial charge in [-0.3, -0.25) is 4.98 Å². The molecule has 0 aliphatic heterocycles. The summed E-state index contributed by atoms with van der Waals surface area (Å²) in [4.78, 5) is 13.4. The topological polar surface area (TPSA) is 97.7 Å². The second kappa shape index (κ2) is 9.40. The molecule has 0 bridgehead atoms. The quantitative estimate of drug-likeness (QED) is 0.396. The lowest BCUT2D eigenvalue weighted by molar-refractivity contribution is 0.398. The number of hydrogen-bond donors (Lipinski definition) is 2. The summed E-state index contributed by atoms with van der Waals surface area (Å²) < 4.78 is 5.09. The molecule has 160 valence electrons. The van der Waals surface area contributed by atoms with E-state index in [9.17, 15) is 0 Å². The van der Waals surface area contributed by atoms with Crippen LogP contribution in [0.4, 0.5) is 22.3 Å². The van der Waals surface area contributed by atoms with E-state index in [1.807, 2.05) is 24.3 Å². The molecular weight excluding hydrogens is 434 g/mol. The van der Waals surface area contributed by atoms with Crippen LogP contribution in [0.5, 0.6) is 5.88 Å². The first-order valence-electron chi connectivity index (χ1n) is 9.91. The van der Waals surface area contributed by atoms with Crippen LogP contribution in [0.15, 0.2) is 42.7 Å². The van der Waals surface area contributed by atoms with Crippen LogP contribution in [0.3, 0.4) is 0 Å². The molecule has 0 amide bonds. The summed E-state index contributed by atoms with van der Waals surface area (Å²) in [7, 11) is 1.59. The highest BCUT2D eigenvalue weighted by Gasteiger charge is 2.21. The van der Waals surface area contributed by atoms with Gasteiger partial charge in [-0.25, -0.2) is 9.97 Å². The number of pyridine rings is 3. The van der Waals surface area contributed by atoms with Crippen LogP contribution in [0.2, 0.25) is 0 Å². The van der Waals surface area contributed by atoms with Crippen molar-refractivity contribution in [2.75, 3.05) is 17.7 Å². The van der Waals surface area contributed by atoms with Crippen LogP contribution in [-0.2, 0) is 0 Å². The maximum absolute atomic E-state index is 5.09. The Kier molecular flexibility index (Phi) is 6.43. The van der Waals surface area contributed by atoms with Gasteiger partial charge in [0.2, 0.25) is 11.0 Å².